The minimum absolute atomic E-state index is 0.145. The van der Waals surface area contributed by atoms with E-state index in [1.807, 2.05) is 18.2 Å². The lowest BCUT2D eigenvalue weighted by Gasteiger charge is -2.11. The molecule has 1 amide bonds. The van der Waals surface area contributed by atoms with E-state index in [9.17, 15) is 4.79 Å². The van der Waals surface area contributed by atoms with Crippen molar-refractivity contribution in [3.8, 4) is 0 Å². The molecule has 2 N–H and O–H groups in total. The van der Waals surface area contributed by atoms with Gasteiger partial charge in [0, 0.05) is 12.7 Å². The van der Waals surface area contributed by atoms with Gasteiger partial charge in [-0.05, 0) is 23.6 Å². The Balaban J connectivity index is 2.32. The quantitative estimate of drug-likeness (QED) is 0.738. The zero-order valence-corrected chi connectivity index (χ0v) is 8.69. The molecule has 0 aliphatic carbocycles. The minimum atomic E-state index is 0.145. The Morgan fingerprint density at radius 3 is 3.07 bits per heavy atom. The molecular formula is C11H14N2O2. The lowest BCUT2D eigenvalue weighted by Crippen LogP contribution is -2.20. The Kier molecular flexibility index (Phi) is 2.70. The van der Waals surface area contributed by atoms with Crippen LogP contribution >= 0.6 is 0 Å². The summed E-state index contributed by atoms with van der Waals surface area (Å²) in [4.78, 5) is 17.8. The minimum Gasteiger partial charge on any atom is -0.315 e. The van der Waals surface area contributed by atoms with Crippen LogP contribution in [0.15, 0.2) is 18.2 Å². The van der Waals surface area contributed by atoms with Gasteiger partial charge < -0.3 is 9.74 Å². The summed E-state index contributed by atoms with van der Waals surface area (Å²) < 4.78 is 0. The summed E-state index contributed by atoms with van der Waals surface area (Å²) in [7, 11) is 1.80. The summed E-state index contributed by atoms with van der Waals surface area (Å²) in [6.45, 7) is 0.481. The number of nitrogens with zero attached hydrogens (tertiary/aromatic N) is 1. The van der Waals surface area contributed by atoms with Gasteiger partial charge in [0.15, 0.2) is 0 Å². The number of anilines is 1. The van der Waals surface area contributed by atoms with Gasteiger partial charge in [-0.25, -0.2) is 5.90 Å². The molecule has 0 bridgehead atoms. The zero-order valence-electron chi connectivity index (χ0n) is 8.69. The fourth-order valence-electron chi connectivity index (χ4n) is 1.95. The standard InChI is InChI=1S/C11H14N2O2/c1-13-10-4-2-3-8(5-6-15-12)9(10)7-11(13)14/h2-4H,5-7,12H2,1H3. The number of rotatable bonds is 3. The van der Waals surface area contributed by atoms with Gasteiger partial charge >= 0.3 is 0 Å². The molecule has 0 aromatic heterocycles. The summed E-state index contributed by atoms with van der Waals surface area (Å²) in [5, 5.41) is 0. The van der Waals surface area contributed by atoms with Crippen LogP contribution in [0.1, 0.15) is 11.1 Å². The highest BCUT2D eigenvalue weighted by Gasteiger charge is 2.25. The first-order chi connectivity index (χ1) is 7.24. The van der Waals surface area contributed by atoms with Crippen LogP contribution in [-0.4, -0.2) is 19.6 Å². The van der Waals surface area contributed by atoms with Crippen molar-refractivity contribution in [1.29, 1.82) is 0 Å². The number of hydrogen-bond donors (Lipinski definition) is 1. The van der Waals surface area contributed by atoms with Crippen molar-refractivity contribution in [3.63, 3.8) is 0 Å². The summed E-state index contributed by atoms with van der Waals surface area (Å²) in [5.74, 6) is 5.14. The number of fused-ring (bicyclic) bond motifs is 1. The number of likely N-dealkylation sites (N-methyl/N-ethyl adjacent to an activating group) is 1. The van der Waals surface area contributed by atoms with Crippen LogP contribution in [0, 0.1) is 0 Å². The van der Waals surface area contributed by atoms with Gasteiger partial charge in [0.25, 0.3) is 0 Å². The van der Waals surface area contributed by atoms with E-state index >= 15 is 0 Å². The third kappa shape index (κ3) is 1.73. The van der Waals surface area contributed by atoms with Crippen molar-refractivity contribution in [2.45, 2.75) is 12.8 Å². The highest BCUT2D eigenvalue weighted by atomic mass is 16.6. The molecule has 80 valence electrons. The Morgan fingerprint density at radius 1 is 1.53 bits per heavy atom. The predicted octanol–water partition coefficient (Wildman–Crippen LogP) is 0.638. The van der Waals surface area contributed by atoms with Crippen LogP contribution < -0.4 is 10.8 Å². The van der Waals surface area contributed by atoms with Crippen LogP contribution in [0.4, 0.5) is 5.69 Å². The highest BCUT2D eigenvalue weighted by Crippen LogP contribution is 2.30. The largest absolute Gasteiger partial charge is 0.315 e. The molecular weight excluding hydrogens is 192 g/mol. The van der Waals surface area contributed by atoms with E-state index in [0.29, 0.717) is 13.0 Å². The molecule has 1 aliphatic heterocycles. The summed E-state index contributed by atoms with van der Waals surface area (Å²) in [5.41, 5.74) is 3.27. The first-order valence-electron chi connectivity index (χ1n) is 4.93. The maximum atomic E-state index is 11.5. The van der Waals surface area contributed by atoms with E-state index in [1.165, 1.54) is 0 Å². The smallest absolute Gasteiger partial charge is 0.231 e. The van der Waals surface area contributed by atoms with E-state index in [0.717, 1.165) is 23.2 Å². The maximum Gasteiger partial charge on any atom is 0.231 e. The van der Waals surface area contributed by atoms with Crippen molar-refractivity contribution in [2.24, 2.45) is 5.90 Å². The molecule has 0 spiro atoms. The highest BCUT2D eigenvalue weighted by molar-refractivity contribution is 6.01. The van der Waals surface area contributed by atoms with Crippen molar-refractivity contribution in [1.82, 2.24) is 0 Å². The zero-order chi connectivity index (χ0) is 10.8. The first-order valence-corrected chi connectivity index (χ1v) is 4.93. The monoisotopic (exact) mass is 206 g/mol. The Labute approximate surface area is 88.6 Å². The molecule has 15 heavy (non-hydrogen) atoms. The average Bonchev–Trinajstić information content (AvgIpc) is 2.53. The van der Waals surface area contributed by atoms with Crippen LogP contribution in [0.2, 0.25) is 0 Å². The Bertz CT molecular complexity index is 390. The lowest BCUT2D eigenvalue weighted by molar-refractivity contribution is -0.117. The number of nitrogens with two attached hydrogens (primary N) is 1. The molecule has 0 saturated heterocycles. The van der Waals surface area contributed by atoms with Crippen molar-refractivity contribution in [3.05, 3.63) is 29.3 Å². The fraction of sp³-hybridized carbons (Fsp3) is 0.364. The van der Waals surface area contributed by atoms with Crippen molar-refractivity contribution >= 4 is 11.6 Å². The van der Waals surface area contributed by atoms with Gasteiger partial charge in [-0.15, -0.1) is 0 Å². The predicted molar refractivity (Wildman–Crippen MR) is 57.4 cm³/mol. The average molecular weight is 206 g/mol. The molecule has 0 radical (unpaired) electrons. The third-order valence-electron chi connectivity index (χ3n) is 2.80. The second-order valence-corrected chi connectivity index (χ2v) is 3.67. The van der Waals surface area contributed by atoms with E-state index in [1.54, 1.807) is 11.9 Å². The number of amides is 1. The van der Waals surface area contributed by atoms with Gasteiger partial charge in [-0.3, -0.25) is 4.79 Å². The lowest BCUT2D eigenvalue weighted by atomic mass is 10.0. The topological polar surface area (TPSA) is 55.6 Å². The number of hydrogen-bond acceptors (Lipinski definition) is 3. The molecule has 1 aromatic rings. The van der Waals surface area contributed by atoms with Crippen LogP contribution in [0.5, 0.6) is 0 Å². The van der Waals surface area contributed by atoms with Gasteiger partial charge in [0.05, 0.1) is 13.0 Å². The second-order valence-electron chi connectivity index (χ2n) is 3.67. The van der Waals surface area contributed by atoms with Crippen molar-refractivity contribution in [2.75, 3.05) is 18.6 Å². The third-order valence-corrected chi connectivity index (χ3v) is 2.80. The Morgan fingerprint density at radius 2 is 2.33 bits per heavy atom. The van der Waals surface area contributed by atoms with Gasteiger partial charge in [-0.2, -0.15) is 0 Å². The molecule has 1 aromatic carbocycles. The molecule has 0 unspecified atom stereocenters. The van der Waals surface area contributed by atoms with E-state index in [2.05, 4.69) is 4.84 Å². The summed E-state index contributed by atoms with van der Waals surface area (Å²) >= 11 is 0. The molecule has 4 heteroatoms. The molecule has 1 aliphatic rings. The van der Waals surface area contributed by atoms with E-state index in [-0.39, 0.29) is 5.91 Å². The second kappa shape index (κ2) is 4.00. The SMILES string of the molecule is CN1C(=O)Cc2c(CCON)cccc21. The summed E-state index contributed by atoms with van der Waals surface area (Å²) in [6, 6.07) is 5.94. The molecule has 0 saturated carbocycles. The van der Waals surface area contributed by atoms with Gasteiger partial charge in [-0.1, -0.05) is 12.1 Å². The van der Waals surface area contributed by atoms with Gasteiger partial charge in [0.2, 0.25) is 5.91 Å². The fourth-order valence-corrected chi connectivity index (χ4v) is 1.95. The first kappa shape index (κ1) is 10.1. The van der Waals surface area contributed by atoms with Crippen molar-refractivity contribution < 1.29 is 9.63 Å². The molecule has 0 fully saturated rings. The molecule has 2 rings (SSSR count). The van der Waals surface area contributed by atoms with Crippen LogP contribution in [0.25, 0.3) is 0 Å². The number of carbonyl (C=O) groups excluding carboxylic acids is 1. The van der Waals surface area contributed by atoms with Crippen LogP contribution in [-0.2, 0) is 22.5 Å². The van der Waals surface area contributed by atoms with E-state index in [4.69, 9.17) is 5.90 Å². The van der Waals surface area contributed by atoms with Crippen LogP contribution in [0.3, 0.4) is 0 Å². The summed E-state index contributed by atoms with van der Waals surface area (Å²) in [6.07, 6.45) is 1.24. The number of benzene rings is 1. The molecule has 4 nitrogen and oxygen atoms in total. The molecule has 0 atom stereocenters. The van der Waals surface area contributed by atoms with E-state index < -0.39 is 0 Å². The number of carbonyl (C=O) groups is 1. The van der Waals surface area contributed by atoms with Gasteiger partial charge in [0.1, 0.15) is 0 Å². The Hall–Kier alpha value is -1.39. The molecule has 1 heterocycles. The normalized spacial score (nSPS) is 14.5. The maximum absolute atomic E-state index is 11.5.